The Hall–Kier alpha value is -1.09. The number of carbonyl (C=O) groups excluding carboxylic acids is 1. The van der Waals surface area contributed by atoms with E-state index in [9.17, 15) is 9.18 Å². The van der Waals surface area contributed by atoms with Crippen molar-refractivity contribution in [2.24, 2.45) is 0 Å². The zero-order valence-electron chi connectivity index (χ0n) is 7.78. The Balaban J connectivity index is 2.18. The molecule has 0 bridgehead atoms. The Labute approximate surface area is 108 Å². The van der Waals surface area contributed by atoms with E-state index in [-0.39, 0.29) is 5.56 Å². The second-order valence-electron chi connectivity index (χ2n) is 2.83. The molecule has 2 rings (SSSR count). The summed E-state index contributed by atoms with van der Waals surface area (Å²) >= 11 is 3.06. The molecule has 0 radical (unpaired) electrons. The number of benzene rings is 1. The van der Waals surface area contributed by atoms with Crippen molar-refractivity contribution < 1.29 is 9.18 Å². The fourth-order valence-corrected chi connectivity index (χ4v) is 1.81. The third-order valence-electron chi connectivity index (χ3n) is 1.76. The second kappa shape index (κ2) is 4.83. The van der Waals surface area contributed by atoms with Crippen LogP contribution in [0.2, 0.25) is 0 Å². The van der Waals surface area contributed by atoms with Gasteiger partial charge in [-0.3, -0.25) is 10.1 Å². The molecule has 0 atom stereocenters. The summed E-state index contributed by atoms with van der Waals surface area (Å²) in [5.41, 5.74) is 1.76. The Morgan fingerprint density at radius 2 is 2.31 bits per heavy atom. The van der Waals surface area contributed by atoms with Crippen LogP contribution < -0.4 is 5.32 Å². The fraction of sp³-hybridized carbons (Fsp3) is 0. The first-order chi connectivity index (χ1) is 7.66. The normalized spacial score (nSPS) is 10.1. The molecule has 0 unspecified atom stereocenters. The molecule has 0 aliphatic heterocycles. The van der Waals surface area contributed by atoms with Crippen LogP contribution in [0.4, 0.5) is 9.52 Å². The van der Waals surface area contributed by atoms with E-state index in [1.807, 2.05) is 22.6 Å². The van der Waals surface area contributed by atoms with E-state index in [1.54, 1.807) is 12.1 Å². The van der Waals surface area contributed by atoms with Crippen LogP contribution in [-0.2, 0) is 0 Å². The molecule has 0 fully saturated rings. The molecule has 16 heavy (non-hydrogen) atoms. The standard InChI is InChI=1S/C9H5FIN3OS/c10-6-3-5(1-2-7(6)11)8(15)13-9-14-12-4-16-9/h1-4H,(H,13,14,15). The summed E-state index contributed by atoms with van der Waals surface area (Å²) in [5.74, 6) is -0.808. The molecule has 1 amide bonds. The minimum Gasteiger partial charge on any atom is -0.296 e. The summed E-state index contributed by atoms with van der Waals surface area (Å²) in [5, 5.41) is 10.2. The lowest BCUT2D eigenvalue weighted by molar-refractivity contribution is 0.102. The van der Waals surface area contributed by atoms with Gasteiger partial charge < -0.3 is 0 Å². The molecule has 0 aliphatic carbocycles. The number of nitrogens with zero attached hydrogens (tertiary/aromatic N) is 2. The van der Waals surface area contributed by atoms with Gasteiger partial charge in [-0.1, -0.05) is 11.3 Å². The van der Waals surface area contributed by atoms with Crippen molar-refractivity contribution in [1.29, 1.82) is 0 Å². The first-order valence-corrected chi connectivity index (χ1v) is 6.15. The van der Waals surface area contributed by atoms with Gasteiger partial charge in [0.1, 0.15) is 11.3 Å². The first-order valence-electron chi connectivity index (χ1n) is 4.19. The van der Waals surface area contributed by atoms with Gasteiger partial charge in [-0.15, -0.1) is 10.2 Å². The molecule has 4 nitrogen and oxygen atoms in total. The minimum absolute atomic E-state index is 0.258. The van der Waals surface area contributed by atoms with E-state index in [4.69, 9.17) is 0 Å². The highest BCUT2D eigenvalue weighted by atomic mass is 127. The van der Waals surface area contributed by atoms with Crippen LogP contribution in [-0.4, -0.2) is 16.1 Å². The molecule has 1 N–H and O–H groups in total. The van der Waals surface area contributed by atoms with Gasteiger partial charge in [-0.2, -0.15) is 0 Å². The summed E-state index contributed by atoms with van der Waals surface area (Å²) in [7, 11) is 0. The largest absolute Gasteiger partial charge is 0.296 e. The summed E-state index contributed by atoms with van der Waals surface area (Å²) in [6.07, 6.45) is 0. The van der Waals surface area contributed by atoms with Crippen molar-refractivity contribution >= 4 is 45.0 Å². The second-order valence-corrected chi connectivity index (χ2v) is 4.82. The van der Waals surface area contributed by atoms with Gasteiger partial charge in [0, 0.05) is 9.13 Å². The number of nitrogens with one attached hydrogen (secondary N) is 1. The number of hydrogen-bond acceptors (Lipinski definition) is 4. The molecule has 7 heteroatoms. The molecule has 0 saturated heterocycles. The molecular formula is C9H5FIN3OS. The van der Waals surface area contributed by atoms with Crippen LogP contribution in [0.5, 0.6) is 0 Å². The molecule has 1 aromatic heterocycles. The highest BCUT2D eigenvalue weighted by Crippen LogP contribution is 2.15. The van der Waals surface area contributed by atoms with Crippen molar-refractivity contribution in [1.82, 2.24) is 10.2 Å². The third kappa shape index (κ3) is 2.53. The molecule has 0 aliphatic rings. The Bertz CT molecular complexity index is 517. The Kier molecular flexibility index (Phi) is 3.44. The van der Waals surface area contributed by atoms with E-state index in [1.165, 1.54) is 22.9 Å². The average Bonchev–Trinajstić information content (AvgIpc) is 2.74. The minimum atomic E-state index is -0.412. The molecule has 82 valence electrons. The van der Waals surface area contributed by atoms with Crippen molar-refractivity contribution in [2.75, 3.05) is 5.32 Å². The van der Waals surface area contributed by atoms with Crippen molar-refractivity contribution in [3.05, 3.63) is 38.7 Å². The summed E-state index contributed by atoms with van der Waals surface area (Å²) in [6.45, 7) is 0. The predicted molar refractivity (Wildman–Crippen MR) is 67.0 cm³/mol. The van der Waals surface area contributed by atoms with Crippen LogP contribution in [0, 0.1) is 9.39 Å². The monoisotopic (exact) mass is 349 g/mol. The molecular weight excluding hydrogens is 344 g/mol. The molecule has 0 spiro atoms. The topological polar surface area (TPSA) is 54.9 Å². The van der Waals surface area contributed by atoms with Crippen LogP contribution in [0.25, 0.3) is 0 Å². The smallest absolute Gasteiger partial charge is 0.257 e. The van der Waals surface area contributed by atoms with E-state index >= 15 is 0 Å². The van der Waals surface area contributed by atoms with Crippen LogP contribution >= 0.6 is 33.9 Å². The maximum atomic E-state index is 13.2. The number of carbonyl (C=O) groups is 1. The molecule has 1 heterocycles. The number of rotatable bonds is 2. The van der Waals surface area contributed by atoms with Gasteiger partial charge >= 0.3 is 0 Å². The highest BCUT2D eigenvalue weighted by Gasteiger charge is 2.10. The van der Waals surface area contributed by atoms with Crippen LogP contribution in [0.3, 0.4) is 0 Å². The first kappa shape index (κ1) is 11.4. The Morgan fingerprint density at radius 3 is 2.94 bits per heavy atom. The van der Waals surface area contributed by atoms with E-state index < -0.39 is 11.7 Å². The van der Waals surface area contributed by atoms with E-state index in [0.29, 0.717) is 8.70 Å². The maximum absolute atomic E-state index is 13.2. The van der Waals surface area contributed by atoms with Gasteiger partial charge in [-0.25, -0.2) is 4.39 Å². The average molecular weight is 349 g/mol. The lowest BCUT2D eigenvalue weighted by atomic mass is 10.2. The summed E-state index contributed by atoms with van der Waals surface area (Å²) in [4.78, 5) is 11.6. The molecule has 2 aromatic rings. The maximum Gasteiger partial charge on any atom is 0.257 e. The zero-order chi connectivity index (χ0) is 11.5. The van der Waals surface area contributed by atoms with Crippen molar-refractivity contribution in [3.63, 3.8) is 0 Å². The number of hydrogen-bond donors (Lipinski definition) is 1. The fourth-order valence-electron chi connectivity index (χ4n) is 1.03. The molecule has 0 saturated carbocycles. The van der Waals surface area contributed by atoms with Crippen molar-refractivity contribution in [3.8, 4) is 0 Å². The van der Waals surface area contributed by atoms with E-state index in [2.05, 4.69) is 15.5 Å². The zero-order valence-corrected chi connectivity index (χ0v) is 10.8. The van der Waals surface area contributed by atoms with Crippen molar-refractivity contribution in [2.45, 2.75) is 0 Å². The van der Waals surface area contributed by atoms with Gasteiger partial charge in [0.2, 0.25) is 5.13 Å². The van der Waals surface area contributed by atoms with Gasteiger partial charge in [-0.05, 0) is 40.8 Å². The quantitative estimate of drug-likeness (QED) is 0.848. The SMILES string of the molecule is O=C(Nc1nncs1)c1ccc(I)c(F)c1. The Morgan fingerprint density at radius 1 is 1.50 bits per heavy atom. The predicted octanol–water partition coefficient (Wildman–Crippen LogP) is 2.53. The van der Waals surface area contributed by atoms with Gasteiger partial charge in [0.05, 0.1) is 0 Å². The lowest BCUT2D eigenvalue weighted by Crippen LogP contribution is -2.12. The van der Waals surface area contributed by atoms with Crippen LogP contribution in [0.15, 0.2) is 23.7 Å². The number of halogens is 2. The summed E-state index contributed by atoms with van der Waals surface area (Å²) < 4.78 is 13.7. The number of amides is 1. The lowest BCUT2D eigenvalue weighted by Gasteiger charge is -2.01. The van der Waals surface area contributed by atoms with Gasteiger partial charge in [0.25, 0.3) is 5.91 Å². The van der Waals surface area contributed by atoms with Crippen LogP contribution in [0.1, 0.15) is 10.4 Å². The van der Waals surface area contributed by atoms with Gasteiger partial charge in [0.15, 0.2) is 0 Å². The number of anilines is 1. The highest BCUT2D eigenvalue weighted by molar-refractivity contribution is 14.1. The summed E-state index contributed by atoms with van der Waals surface area (Å²) in [6, 6.07) is 4.30. The van der Waals surface area contributed by atoms with E-state index in [0.717, 1.165) is 0 Å². The third-order valence-corrected chi connectivity index (χ3v) is 3.24. The molecule has 1 aromatic carbocycles. The number of aromatic nitrogens is 2.